The van der Waals surface area contributed by atoms with Crippen molar-refractivity contribution in [3.63, 3.8) is 0 Å². The monoisotopic (exact) mass is 392 g/mol. The number of nitrogens with zero attached hydrogens (tertiary/aromatic N) is 3. The van der Waals surface area contributed by atoms with Gasteiger partial charge in [-0.25, -0.2) is 4.98 Å². The molecule has 2 aromatic carbocycles. The van der Waals surface area contributed by atoms with E-state index in [9.17, 15) is 9.59 Å². The van der Waals surface area contributed by atoms with Crippen molar-refractivity contribution in [2.75, 3.05) is 11.9 Å². The van der Waals surface area contributed by atoms with E-state index in [0.717, 1.165) is 5.56 Å². The Kier molecular flexibility index (Phi) is 4.86. The number of thiazole rings is 1. The van der Waals surface area contributed by atoms with Crippen molar-refractivity contribution >= 4 is 34.0 Å². The normalized spacial score (nSPS) is 11.7. The Morgan fingerprint density at radius 3 is 2.79 bits per heavy atom. The van der Waals surface area contributed by atoms with Gasteiger partial charge in [0.15, 0.2) is 6.61 Å². The smallest absolute Gasteiger partial charge is 0.291 e. The fourth-order valence-corrected chi connectivity index (χ4v) is 3.50. The summed E-state index contributed by atoms with van der Waals surface area (Å²) < 4.78 is 7.44. The van der Waals surface area contributed by atoms with Gasteiger partial charge in [-0.05, 0) is 31.2 Å². The number of benzene rings is 2. The zero-order valence-electron chi connectivity index (χ0n) is 15.0. The fourth-order valence-electron chi connectivity index (χ4n) is 2.63. The molecule has 7 nitrogen and oxygen atoms in total. The number of aromatic nitrogens is 3. The molecular formula is C20H16N4O3S. The summed E-state index contributed by atoms with van der Waals surface area (Å²) in [5.41, 5.74) is 2.30. The third-order valence-electron chi connectivity index (χ3n) is 4.02. The van der Waals surface area contributed by atoms with Crippen molar-refractivity contribution in [1.82, 2.24) is 14.6 Å². The maximum Gasteiger partial charge on any atom is 0.291 e. The number of anilines is 1. The molecule has 0 aliphatic heterocycles. The molecule has 2 aromatic heterocycles. The second kappa shape index (κ2) is 7.61. The summed E-state index contributed by atoms with van der Waals surface area (Å²) in [6, 6.07) is 14.8. The number of rotatable bonds is 5. The van der Waals surface area contributed by atoms with Gasteiger partial charge in [0.05, 0.1) is 4.53 Å². The first kappa shape index (κ1) is 17.9. The van der Waals surface area contributed by atoms with E-state index in [0.29, 0.717) is 26.5 Å². The molecule has 0 bridgehead atoms. The third-order valence-corrected chi connectivity index (χ3v) is 4.99. The molecule has 8 heteroatoms. The second-order valence-electron chi connectivity index (χ2n) is 6.11. The lowest BCUT2D eigenvalue weighted by Crippen LogP contribution is -2.23. The van der Waals surface area contributed by atoms with Crippen LogP contribution in [0.2, 0.25) is 0 Å². The summed E-state index contributed by atoms with van der Waals surface area (Å²) in [6.45, 7) is 1.84. The van der Waals surface area contributed by atoms with Crippen LogP contribution < -0.4 is 20.1 Å². The predicted molar refractivity (Wildman–Crippen MR) is 108 cm³/mol. The highest BCUT2D eigenvalue weighted by Gasteiger charge is 2.09. The first-order chi connectivity index (χ1) is 13.6. The van der Waals surface area contributed by atoms with Crippen LogP contribution in [0, 0.1) is 6.92 Å². The van der Waals surface area contributed by atoms with Crippen molar-refractivity contribution < 1.29 is 9.53 Å². The minimum atomic E-state index is -0.262. The van der Waals surface area contributed by atoms with Crippen molar-refractivity contribution in [2.24, 2.45) is 0 Å². The van der Waals surface area contributed by atoms with Crippen LogP contribution in [-0.2, 0) is 4.79 Å². The van der Waals surface area contributed by atoms with Crippen LogP contribution in [0.5, 0.6) is 5.75 Å². The highest BCUT2D eigenvalue weighted by Crippen LogP contribution is 2.19. The summed E-state index contributed by atoms with van der Waals surface area (Å²) in [5.74, 6) is 0.252. The number of ether oxygens (including phenoxy) is 1. The quantitative estimate of drug-likeness (QED) is 0.562. The molecule has 0 aliphatic rings. The van der Waals surface area contributed by atoms with E-state index in [1.807, 2.05) is 49.4 Å². The standard InChI is InChI=1S/C20H16N4O3S/c1-13-6-8-15(9-7-13)23-18(25)11-27-16-5-3-2-4-14(16)10-17-19(26)24-20(28-17)21-12-22-24/h2-10,12H,11H2,1H3,(H,23,25)/b17-10-. The van der Waals surface area contributed by atoms with E-state index in [-0.39, 0.29) is 18.1 Å². The Morgan fingerprint density at radius 1 is 1.21 bits per heavy atom. The molecule has 28 heavy (non-hydrogen) atoms. The van der Waals surface area contributed by atoms with E-state index in [4.69, 9.17) is 4.74 Å². The Hall–Kier alpha value is -3.52. The highest BCUT2D eigenvalue weighted by molar-refractivity contribution is 7.15. The number of aryl methyl sites for hydroxylation is 1. The minimum Gasteiger partial charge on any atom is -0.483 e. The maximum atomic E-state index is 12.3. The first-order valence-corrected chi connectivity index (χ1v) is 9.34. The van der Waals surface area contributed by atoms with E-state index < -0.39 is 0 Å². The zero-order valence-corrected chi connectivity index (χ0v) is 15.8. The van der Waals surface area contributed by atoms with Crippen LogP contribution in [0.25, 0.3) is 11.0 Å². The number of hydrogen-bond acceptors (Lipinski definition) is 6. The van der Waals surface area contributed by atoms with Crippen LogP contribution in [0.3, 0.4) is 0 Å². The average molecular weight is 392 g/mol. The van der Waals surface area contributed by atoms with Crippen LogP contribution in [0.4, 0.5) is 5.69 Å². The van der Waals surface area contributed by atoms with Gasteiger partial charge in [-0.1, -0.05) is 47.2 Å². The molecule has 1 N–H and O–H groups in total. The van der Waals surface area contributed by atoms with Gasteiger partial charge < -0.3 is 10.1 Å². The molecule has 0 unspecified atom stereocenters. The first-order valence-electron chi connectivity index (χ1n) is 8.53. The van der Waals surface area contributed by atoms with Crippen molar-refractivity contribution in [2.45, 2.75) is 6.92 Å². The van der Waals surface area contributed by atoms with E-state index in [1.54, 1.807) is 12.1 Å². The van der Waals surface area contributed by atoms with Gasteiger partial charge in [0.1, 0.15) is 12.1 Å². The van der Waals surface area contributed by atoms with Gasteiger partial charge in [-0.3, -0.25) is 9.59 Å². The summed E-state index contributed by atoms with van der Waals surface area (Å²) in [7, 11) is 0. The molecular weight excluding hydrogens is 376 g/mol. The van der Waals surface area contributed by atoms with E-state index in [2.05, 4.69) is 15.4 Å². The summed E-state index contributed by atoms with van der Waals surface area (Å²) in [6.07, 6.45) is 3.07. The Morgan fingerprint density at radius 2 is 2.00 bits per heavy atom. The van der Waals surface area contributed by atoms with Gasteiger partial charge in [-0.15, -0.1) is 0 Å². The summed E-state index contributed by atoms with van der Waals surface area (Å²) in [5, 5.41) is 6.70. The number of para-hydroxylation sites is 1. The minimum absolute atomic E-state index is 0.141. The number of hydrogen-bond donors (Lipinski definition) is 1. The lowest BCUT2D eigenvalue weighted by atomic mass is 10.2. The molecule has 0 fully saturated rings. The number of amides is 1. The molecule has 4 rings (SSSR count). The van der Waals surface area contributed by atoms with Crippen molar-refractivity contribution in [3.8, 4) is 5.75 Å². The zero-order chi connectivity index (χ0) is 19.5. The molecule has 4 aromatic rings. The average Bonchev–Trinajstić information content (AvgIpc) is 3.26. The lowest BCUT2D eigenvalue weighted by Gasteiger charge is -2.09. The molecule has 0 saturated carbocycles. The van der Waals surface area contributed by atoms with Gasteiger partial charge in [0.2, 0.25) is 4.96 Å². The van der Waals surface area contributed by atoms with E-state index >= 15 is 0 Å². The second-order valence-corrected chi connectivity index (χ2v) is 7.12. The highest BCUT2D eigenvalue weighted by atomic mass is 32.1. The molecule has 1 amide bonds. The number of carbonyl (C=O) groups is 1. The van der Waals surface area contributed by atoms with Crippen LogP contribution >= 0.6 is 11.3 Å². The van der Waals surface area contributed by atoms with Crippen LogP contribution in [0.1, 0.15) is 11.1 Å². The molecule has 2 heterocycles. The molecule has 140 valence electrons. The maximum absolute atomic E-state index is 12.3. The number of fused-ring (bicyclic) bond motifs is 1. The summed E-state index contributed by atoms with van der Waals surface area (Å²) in [4.78, 5) is 29.1. The van der Waals surface area contributed by atoms with Crippen molar-refractivity contribution in [3.05, 3.63) is 80.9 Å². The largest absolute Gasteiger partial charge is 0.483 e. The molecule has 0 radical (unpaired) electrons. The van der Waals surface area contributed by atoms with Gasteiger partial charge >= 0.3 is 0 Å². The summed E-state index contributed by atoms with van der Waals surface area (Å²) >= 11 is 1.25. The fraction of sp³-hybridized carbons (Fsp3) is 0.100. The third kappa shape index (κ3) is 3.77. The Labute approximate surface area is 163 Å². The predicted octanol–water partition coefficient (Wildman–Crippen LogP) is 2.02. The molecule has 0 spiro atoms. The van der Waals surface area contributed by atoms with Crippen molar-refractivity contribution in [1.29, 1.82) is 0 Å². The van der Waals surface area contributed by atoms with Gasteiger partial charge in [0.25, 0.3) is 11.5 Å². The van der Waals surface area contributed by atoms with E-state index in [1.165, 1.54) is 22.2 Å². The Balaban J connectivity index is 1.51. The molecule has 0 saturated heterocycles. The van der Waals surface area contributed by atoms with Gasteiger partial charge in [0, 0.05) is 11.3 Å². The van der Waals surface area contributed by atoms with Crippen LogP contribution in [0.15, 0.2) is 59.7 Å². The lowest BCUT2D eigenvalue weighted by molar-refractivity contribution is -0.118. The Bertz CT molecular complexity index is 1240. The van der Waals surface area contributed by atoms with Gasteiger partial charge in [-0.2, -0.15) is 9.61 Å². The number of nitrogens with one attached hydrogen (secondary N) is 1. The SMILES string of the molecule is Cc1ccc(NC(=O)COc2ccccc2/C=c2\sc3ncnn3c2=O)cc1. The molecule has 0 aliphatic carbocycles. The van der Waals surface area contributed by atoms with Crippen LogP contribution in [-0.4, -0.2) is 27.1 Å². The number of carbonyl (C=O) groups excluding carboxylic acids is 1. The topological polar surface area (TPSA) is 85.6 Å². The molecule has 0 atom stereocenters.